The van der Waals surface area contributed by atoms with Gasteiger partial charge < -0.3 is 9.84 Å². The third kappa shape index (κ3) is 4.16. The monoisotopic (exact) mass is 258 g/mol. The molecule has 0 aliphatic carbocycles. The molecule has 94 valence electrons. The van der Waals surface area contributed by atoms with E-state index < -0.39 is 15.8 Å². The van der Waals surface area contributed by atoms with Crippen molar-refractivity contribution < 1.29 is 23.1 Å². The Hall–Kier alpha value is -1.40. The molecule has 0 spiro atoms. The fourth-order valence-electron chi connectivity index (χ4n) is 1.47. The summed E-state index contributed by atoms with van der Waals surface area (Å²) >= 11 is 0. The molecule has 0 heterocycles. The Balaban J connectivity index is 3.23. The Morgan fingerprint density at radius 3 is 2.35 bits per heavy atom. The SMILES string of the molecule is COCc1cc(CC(=O)O)cc(S(C)(=O)=O)c1. The third-order valence-corrected chi connectivity index (χ3v) is 3.21. The van der Waals surface area contributed by atoms with Gasteiger partial charge in [0.2, 0.25) is 0 Å². The van der Waals surface area contributed by atoms with E-state index >= 15 is 0 Å². The zero-order valence-corrected chi connectivity index (χ0v) is 10.5. The van der Waals surface area contributed by atoms with Crippen LogP contribution < -0.4 is 0 Å². The number of carbonyl (C=O) groups is 1. The summed E-state index contributed by atoms with van der Waals surface area (Å²) < 4.78 is 27.8. The number of sulfone groups is 1. The smallest absolute Gasteiger partial charge is 0.307 e. The van der Waals surface area contributed by atoms with E-state index in [0.717, 1.165) is 6.26 Å². The largest absolute Gasteiger partial charge is 0.481 e. The first kappa shape index (κ1) is 13.7. The minimum absolute atomic E-state index is 0.114. The lowest BCUT2D eigenvalue weighted by Crippen LogP contribution is -2.05. The van der Waals surface area contributed by atoms with E-state index in [4.69, 9.17) is 9.84 Å². The summed E-state index contributed by atoms with van der Waals surface area (Å²) in [5, 5.41) is 8.70. The number of rotatable bonds is 5. The molecular weight excluding hydrogens is 244 g/mol. The summed E-state index contributed by atoms with van der Waals surface area (Å²) in [5.41, 5.74) is 1.10. The van der Waals surface area contributed by atoms with Crippen molar-refractivity contribution in [2.75, 3.05) is 13.4 Å². The number of benzene rings is 1. The lowest BCUT2D eigenvalue weighted by atomic mass is 10.1. The van der Waals surface area contributed by atoms with E-state index in [9.17, 15) is 13.2 Å². The second kappa shape index (κ2) is 5.29. The van der Waals surface area contributed by atoms with Gasteiger partial charge in [-0.3, -0.25) is 4.79 Å². The highest BCUT2D eigenvalue weighted by Crippen LogP contribution is 2.16. The van der Waals surface area contributed by atoms with Crippen LogP contribution in [-0.4, -0.2) is 32.9 Å². The van der Waals surface area contributed by atoms with Crippen LogP contribution in [0.15, 0.2) is 23.1 Å². The summed E-state index contributed by atoms with van der Waals surface area (Å²) in [4.78, 5) is 10.7. The van der Waals surface area contributed by atoms with Gasteiger partial charge in [-0.2, -0.15) is 0 Å². The molecule has 1 aromatic carbocycles. The molecule has 17 heavy (non-hydrogen) atoms. The van der Waals surface area contributed by atoms with E-state index in [1.807, 2.05) is 0 Å². The normalized spacial score (nSPS) is 11.4. The van der Waals surface area contributed by atoms with Gasteiger partial charge in [-0.05, 0) is 23.3 Å². The van der Waals surface area contributed by atoms with Crippen molar-refractivity contribution in [2.45, 2.75) is 17.9 Å². The van der Waals surface area contributed by atoms with Gasteiger partial charge in [0.05, 0.1) is 17.9 Å². The summed E-state index contributed by atoms with van der Waals surface area (Å²) in [7, 11) is -1.86. The molecule has 1 rings (SSSR count). The summed E-state index contributed by atoms with van der Waals surface area (Å²) in [5.74, 6) is -1.00. The third-order valence-electron chi connectivity index (χ3n) is 2.12. The maximum absolute atomic E-state index is 11.4. The molecule has 6 heteroatoms. The fourth-order valence-corrected chi connectivity index (χ4v) is 2.20. The van der Waals surface area contributed by atoms with Gasteiger partial charge >= 0.3 is 5.97 Å². The molecule has 0 aliphatic rings. The van der Waals surface area contributed by atoms with Gasteiger partial charge in [-0.1, -0.05) is 6.07 Å². The van der Waals surface area contributed by atoms with E-state index in [2.05, 4.69) is 0 Å². The van der Waals surface area contributed by atoms with Crippen LogP contribution >= 0.6 is 0 Å². The molecule has 0 aromatic heterocycles. The van der Waals surface area contributed by atoms with Crippen LogP contribution in [-0.2, 0) is 32.4 Å². The van der Waals surface area contributed by atoms with Crippen molar-refractivity contribution in [1.82, 2.24) is 0 Å². The van der Waals surface area contributed by atoms with Crippen LogP contribution in [0.4, 0.5) is 0 Å². The molecule has 0 saturated heterocycles. The minimum atomic E-state index is -3.35. The highest BCUT2D eigenvalue weighted by molar-refractivity contribution is 7.90. The van der Waals surface area contributed by atoms with E-state index in [1.54, 1.807) is 6.07 Å². The maximum atomic E-state index is 11.4. The molecule has 0 aliphatic heterocycles. The summed E-state index contributed by atoms with van der Waals surface area (Å²) in [6.45, 7) is 0.246. The number of methoxy groups -OCH3 is 1. The van der Waals surface area contributed by atoms with Gasteiger partial charge in [-0.15, -0.1) is 0 Å². The molecule has 0 saturated carbocycles. The van der Waals surface area contributed by atoms with E-state index in [1.165, 1.54) is 19.2 Å². The van der Waals surface area contributed by atoms with Crippen LogP contribution in [0, 0.1) is 0 Å². The van der Waals surface area contributed by atoms with Crippen LogP contribution in [0.3, 0.4) is 0 Å². The number of hydrogen-bond donors (Lipinski definition) is 1. The predicted molar refractivity (Wildman–Crippen MR) is 61.6 cm³/mol. The Labute approximate surface area is 100.0 Å². The topological polar surface area (TPSA) is 80.7 Å². The predicted octanol–water partition coefficient (Wildman–Crippen LogP) is 0.864. The van der Waals surface area contributed by atoms with Crippen molar-refractivity contribution in [3.05, 3.63) is 29.3 Å². The van der Waals surface area contributed by atoms with Crippen molar-refractivity contribution in [3.8, 4) is 0 Å². The first-order valence-corrected chi connectivity index (χ1v) is 6.75. The molecule has 1 N–H and O–H groups in total. The highest BCUT2D eigenvalue weighted by Gasteiger charge is 2.11. The van der Waals surface area contributed by atoms with Gasteiger partial charge in [0.25, 0.3) is 0 Å². The molecule has 0 amide bonds. The Kier molecular flexibility index (Phi) is 4.25. The van der Waals surface area contributed by atoms with Crippen LogP contribution in [0.1, 0.15) is 11.1 Å². The summed E-state index contributed by atoms with van der Waals surface area (Å²) in [6, 6.07) is 4.50. The van der Waals surface area contributed by atoms with Crippen molar-refractivity contribution in [3.63, 3.8) is 0 Å². The Bertz CT molecular complexity index is 519. The molecule has 0 bridgehead atoms. The number of carboxylic acids is 1. The summed E-state index contributed by atoms with van der Waals surface area (Å²) in [6.07, 6.45) is 0.879. The molecule has 0 unspecified atom stereocenters. The zero-order valence-electron chi connectivity index (χ0n) is 9.63. The Morgan fingerprint density at radius 1 is 1.29 bits per heavy atom. The van der Waals surface area contributed by atoms with Crippen molar-refractivity contribution in [1.29, 1.82) is 0 Å². The van der Waals surface area contributed by atoms with Gasteiger partial charge in [0.15, 0.2) is 9.84 Å². The second-order valence-electron chi connectivity index (χ2n) is 3.76. The van der Waals surface area contributed by atoms with E-state index in [-0.39, 0.29) is 17.9 Å². The highest BCUT2D eigenvalue weighted by atomic mass is 32.2. The molecule has 0 fully saturated rings. The minimum Gasteiger partial charge on any atom is -0.481 e. The molecule has 5 nitrogen and oxygen atoms in total. The molecular formula is C11H14O5S. The Morgan fingerprint density at radius 2 is 1.88 bits per heavy atom. The first-order valence-electron chi connectivity index (χ1n) is 4.86. The molecule has 0 atom stereocenters. The second-order valence-corrected chi connectivity index (χ2v) is 5.78. The van der Waals surface area contributed by atoms with Crippen molar-refractivity contribution >= 4 is 15.8 Å². The average molecular weight is 258 g/mol. The first-order chi connectivity index (χ1) is 7.82. The number of carboxylic acid groups (broad SMARTS) is 1. The van der Waals surface area contributed by atoms with Gasteiger partial charge in [0, 0.05) is 13.4 Å². The van der Waals surface area contributed by atoms with Crippen LogP contribution in [0.2, 0.25) is 0 Å². The number of aliphatic carboxylic acids is 1. The van der Waals surface area contributed by atoms with Crippen LogP contribution in [0.25, 0.3) is 0 Å². The molecule has 0 radical (unpaired) electrons. The average Bonchev–Trinajstić information content (AvgIpc) is 2.15. The fraction of sp³-hybridized carbons (Fsp3) is 0.364. The zero-order chi connectivity index (χ0) is 13.1. The van der Waals surface area contributed by atoms with Crippen LogP contribution in [0.5, 0.6) is 0 Å². The van der Waals surface area contributed by atoms with Gasteiger partial charge in [0.1, 0.15) is 0 Å². The molecule has 1 aromatic rings. The number of hydrogen-bond acceptors (Lipinski definition) is 4. The lowest BCUT2D eigenvalue weighted by Gasteiger charge is -2.07. The maximum Gasteiger partial charge on any atom is 0.307 e. The number of ether oxygens (including phenoxy) is 1. The quantitative estimate of drug-likeness (QED) is 0.847. The van der Waals surface area contributed by atoms with E-state index in [0.29, 0.717) is 11.1 Å². The standard InChI is InChI=1S/C11H14O5S/c1-16-7-9-3-8(6-11(12)13)4-10(5-9)17(2,14)15/h3-5H,6-7H2,1-2H3,(H,12,13). The lowest BCUT2D eigenvalue weighted by molar-refractivity contribution is -0.136. The van der Waals surface area contributed by atoms with Gasteiger partial charge in [-0.25, -0.2) is 8.42 Å². The van der Waals surface area contributed by atoms with Crippen molar-refractivity contribution in [2.24, 2.45) is 0 Å².